The molecule has 0 aromatic heterocycles. The van der Waals surface area contributed by atoms with E-state index in [0.29, 0.717) is 43.3 Å². The van der Waals surface area contributed by atoms with Crippen LogP contribution in [0.1, 0.15) is 23.7 Å². The second-order valence-corrected chi connectivity index (χ2v) is 7.56. The third kappa shape index (κ3) is 5.06. The Morgan fingerprint density at radius 3 is 2.47 bits per heavy atom. The summed E-state index contributed by atoms with van der Waals surface area (Å²) in [6.45, 7) is 4.30. The number of hydrogen-bond acceptors (Lipinski definition) is 4. The Morgan fingerprint density at radius 1 is 1.10 bits per heavy atom. The Bertz CT molecular complexity index is 964. The lowest BCUT2D eigenvalue weighted by atomic mass is 10.2. The minimum Gasteiger partial charge on any atom is -0.365 e. The largest absolute Gasteiger partial charge is 0.365 e. The van der Waals surface area contributed by atoms with Gasteiger partial charge in [0.2, 0.25) is 5.91 Å². The zero-order valence-electron chi connectivity index (χ0n) is 16.5. The molecule has 1 heterocycles. The minimum absolute atomic E-state index is 0.0339. The van der Waals surface area contributed by atoms with Crippen molar-refractivity contribution in [2.45, 2.75) is 13.3 Å². The van der Waals surface area contributed by atoms with Crippen molar-refractivity contribution in [3.63, 3.8) is 0 Å². The van der Waals surface area contributed by atoms with E-state index in [4.69, 9.17) is 23.8 Å². The molecular formula is C21H22ClFN4O2S. The highest BCUT2D eigenvalue weighted by Crippen LogP contribution is 2.34. The van der Waals surface area contributed by atoms with E-state index in [0.717, 1.165) is 5.69 Å². The number of rotatable bonds is 4. The molecule has 1 saturated heterocycles. The van der Waals surface area contributed by atoms with Gasteiger partial charge >= 0.3 is 0 Å². The number of para-hydroxylation sites is 1. The van der Waals surface area contributed by atoms with Crippen molar-refractivity contribution in [3.8, 4) is 0 Å². The lowest BCUT2D eigenvalue weighted by Gasteiger charge is -2.37. The maximum atomic E-state index is 13.8. The number of thiocarbonyl (C=S) groups is 1. The molecule has 2 aromatic carbocycles. The molecule has 0 radical (unpaired) electrons. The first-order valence-electron chi connectivity index (χ1n) is 9.58. The maximum Gasteiger partial charge on any atom is 0.260 e. The predicted molar refractivity (Wildman–Crippen MR) is 121 cm³/mol. The first-order chi connectivity index (χ1) is 14.4. The van der Waals surface area contributed by atoms with Gasteiger partial charge < -0.3 is 15.1 Å². The molecule has 1 fully saturated rings. The third-order valence-corrected chi connectivity index (χ3v) is 5.34. The van der Waals surface area contributed by atoms with E-state index >= 15 is 0 Å². The third-order valence-electron chi connectivity index (χ3n) is 4.83. The molecule has 6 nitrogen and oxygen atoms in total. The highest BCUT2D eigenvalue weighted by atomic mass is 35.5. The molecule has 0 aliphatic carbocycles. The number of carbonyl (C=O) groups excluding carboxylic acids is 2. The zero-order chi connectivity index (χ0) is 21.7. The van der Waals surface area contributed by atoms with Gasteiger partial charge in [0.1, 0.15) is 5.82 Å². The van der Waals surface area contributed by atoms with Crippen molar-refractivity contribution in [2.75, 3.05) is 36.4 Å². The highest BCUT2D eigenvalue weighted by molar-refractivity contribution is 7.80. The van der Waals surface area contributed by atoms with Crippen LogP contribution in [0.3, 0.4) is 0 Å². The molecule has 2 N–H and O–H groups in total. The Labute approximate surface area is 185 Å². The summed E-state index contributed by atoms with van der Waals surface area (Å²) in [5.74, 6) is -1.13. The van der Waals surface area contributed by atoms with Crippen LogP contribution in [0.2, 0.25) is 5.02 Å². The van der Waals surface area contributed by atoms with Gasteiger partial charge in [-0.05, 0) is 36.5 Å². The Balaban J connectivity index is 1.71. The van der Waals surface area contributed by atoms with E-state index in [1.54, 1.807) is 24.3 Å². The molecule has 158 valence electrons. The van der Waals surface area contributed by atoms with Gasteiger partial charge in [-0.15, -0.1) is 0 Å². The first-order valence-corrected chi connectivity index (χ1v) is 10.4. The van der Waals surface area contributed by atoms with Crippen molar-refractivity contribution in [1.29, 1.82) is 0 Å². The summed E-state index contributed by atoms with van der Waals surface area (Å²) >= 11 is 11.7. The second kappa shape index (κ2) is 9.86. The second-order valence-electron chi connectivity index (χ2n) is 6.75. The maximum absolute atomic E-state index is 13.8. The van der Waals surface area contributed by atoms with Crippen molar-refractivity contribution in [2.24, 2.45) is 0 Å². The lowest BCUT2D eigenvalue weighted by Crippen LogP contribution is -2.49. The number of nitrogens with zero attached hydrogens (tertiary/aromatic N) is 2. The molecule has 9 heteroatoms. The fourth-order valence-corrected chi connectivity index (χ4v) is 3.81. The Kier molecular flexibility index (Phi) is 7.23. The van der Waals surface area contributed by atoms with Gasteiger partial charge in [0.05, 0.1) is 22.0 Å². The summed E-state index contributed by atoms with van der Waals surface area (Å²) in [5.41, 5.74) is 1.27. The van der Waals surface area contributed by atoms with Crippen molar-refractivity contribution in [3.05, 3.63) is 58.9 Å². The van der Waals surface area contributed by atoms with E-state index in [-0.39, 0.29) is 16.6 Å². The molecule has 0 bridgehead atoms. The first kappa shape index (κ1) is 22.0. The molecule has 0 spiro atoms. The van der Waals surface area contributed by atoms with Gasteiger partial charge in [-0.1, -0.05) is 36.7 Å². The van der Waals surface area contributed by atoms with Crippen LogP contribution < -0.4 is 15.5 Å². The van der Waals surface area contributed by atoms with Crippen LogP contribution in [0, 0.1) is 5.82 Å². The average Bonchev–Trinajstić information content (AvgIpc) is 2.73. The number of halogens is 2. The Morgan fingerprint density at radius 2 is 1.80 bits per heavy atom. The van der Waals surface area contributed by atoms with Crippen LogP contribution in [0.4, 0.5) is 15.8 Å². The van der Waals surface area contributed by atoms with E-state index in [2.05, 4.69) is 15.5 Å². The molecule has 1 aliphatic heterocycles. The topological polar surface area (TPSA) is 64.7 Å². The highest BCUT2D eigenvalue weighted by Gasteiger charge is 2.24. The summed E-state index contributed by atoms with van der Waals surface area (Å²) in [6.07, 6.45) is 0.481. The number of amides is 2. The molecule has 30 heavy (non-hydrogen) atoms. The SMILES string of the molecule is CCC(=O)N1CCN(c2c(Cl)cccc2NC(=S)NC(=O)c2ccccc2F)CC1. The number of anilines is 2. The van der Waals surface area contributed by atoms with Gasteiger partial charge in [-0.2, -0.15) is 0 Å². The normalized spacial score (nSPS) is 13.7. The summed E-state index contributed by atoms with van der Waals surface area (Å²) in [6, 6.07) is 11.0. The van der Waals surface area contributed by atoms with E-state index in [9.17, 15) is 14.0 Å². The quantitative estimate of drug-likeness (QED) is 0.699. The van der Waals surface area contributed by atoms with Crippen molar-refractivity contribution in [1.82, 2.24) is 10.2 Å². The van der Waals surface area contributed by atoms with Gasteiger partial charge in [0.15, 0.2) is 5.11 Å². The predicted octanol–water partition coefficient (Wildman–Crippen LogP) is 3.66. The molecule has 0 atom stereocenters. The number of nitrogens with one attached hydrogen (secondary N) is 2. The van der Waals surface area contributed by atoms with Crippen LogP contribution in [0.25, 0.3) is 0 Å². The zero-order valence-corrected chi connectivity index (χ0v) is 18.0. The van der Waals surface area contributed by atoms with Crippen LogP contribution in [0.5, 0.6) is 0 Å². The van der Waals surface area contributed by atoms with Crippen LogP contribution >= 0.6 is 23.8 Å². The van der Waals surface area contributed by atoms with Gasteiger partial charge in [-0.25, -0.2) is 4.39 Å². The molecule has 1 aliphatic rings. The summed E-state index contributed by atoms with van der Waals surface area (Å²) in [5, 5.41) is 6.04. The number of hydrogen-bond donors (Lipinski definition) is 2. The van der Waals surface area contributed by atoms with Gasteiger partial charge in [0, 0.05) is 32.6 Å². The monoisotopic (exact) mass is 448 g/mol. The average molecular weight is 449 g/mol. The fraction of sp³-hybridized carbons (Fsp3) is 0.286. The van der Waals surface area contributed by atoms with Crippen LogP contribution in [-0.2, 0) is 4.79 Å². The number of benzene rings is 2. The van der Waals surface area contributed by atoms with Crippen molar-refractivity contribution >= 4 is 52.1 Å². The summed E-state index contributed by atoms with van der Waals surface area (Å²) in [7, 11) is 0. The molecule has 0 unspecified atom stereocenters. The van der Waals surface area contributed by atoms with Gasteiger partial charge in [0.25, 0.3) is 5.91 Å². The van der Waals surface area contributed by atoms with Crippen LogP contribution in [0.15, 0.2) is 42.5 Å². The van der Waals surface area contributed by atoms with Crippen LogP contribution in [-0.4, -0.2) is 48.0 Å². The Hall–Kier alpha value is -2.71. The van der Waals surface area contributed by atoms with E-state index < -0.39 is 11.7 Å². The van der Waals surface area contributed by atoms with Crippen molar-refractivity contribution < 1.29 is 14.0 Å². The van der Waals surface area contributed by atoms with E-state index in [1.165, 1.54) is 18.2 Å². The molecular weight excluding hydrogens is 427 g/mol. The molecule has 2 aromatic rings. The number of piperazine rings is 1. The molecule has 2 amide bonds. The lowest BCUT2D eigenvalue weighted by molar-refractivity contribution is -0.131. The van der Waals surface area contributed by atoms with Gasteiger partial charge in [-0.3, -0.25) is 14.9 Å². The summed E-state index contributed by atoms with van der Waals surface area (Å²) in [4.78, 5) is 28.1. The summed E-state index contributed by atoms with van der Waals surface area (Å²) < 4.78 is 13.8. The molecule has 0 saturated carbocycles. The minimum atomic E-state index is -0.638. The standard InChI is InChI=1S/C21H22ClFN4O2S/c1-2-18(28)26-10-12-27(13-11-26)19-15(22)7-5-9-17(19)24-21(30)25-20(29)14-6-3-4-8-16(14)23/h3-9H,2,10-13H2,1H3,(H2,24,25,29,30). The smallest absolute Gasteiger partial charge is 0.260 e. The van der Waals surface area contributed by atoms with E-state index in [1.807, 2.05) is 11.8 Å². The molecule has 3 rings (SSSR count). The number of carbonyl (C=O) groups is 2. The fourth-order valence-electron chi connectivity index (χ4n) is 3.31.